The van der Waals surface area contributed by atoms with Crippen molar-refractivity contribution in [1.82, 2.24) is 0 Å². The molecular formula is C31H35N3O5S. The van der Waals surface area contributed by atoms with Crippen LogP contribution >= 0.6 is 0 Å². The molecule has 1 aromatic heterocycles. The van der Waals surface area contributed by atoms with Gasteiger partial charge in [-0.1, -0.05) is 48.5 Å². The number of ether oxygens (including phenoxy) is 1. The summed E-state index contributed by atoms with van der Waals surface area (Å²) >= 11 is 0. The highest BCUT2D eigenvalue weighted by molar-refractivity contribution is 7.93. The number of aryl methyl sites for hydroxylation is 1. The third-order valence-electron chi connectivity index (χ3n) is 7.42. The zero-order valence-electron chi connectivity index (χ0n) is 22.9. The predicted octanol–water partition coefficient (Wildman–Crippen LogP) is 5.28. The van der Waals surface area contributed by atoms with Crippen molar-refractivity contribution in [1.29, 1.82) is 0 Å². The number of furan rings is 1. The molecule has 9 heteroatoms. The van der Waals surface area contributed by atoms with Crippen molar-refractivity contribution in [3.05, 3.63) is 89.7 Å². The fourth-order valence-corrected chi connectivity index (χ4v) is 7.06. The number of para-hydroxylation sites is 2. The predicted molar refractivity (Wildman–Crippen MR) is 157 cm³/mol. The topological polar surface area (TPSA) is 106 Å². The minimum Gasteiger partial charge on any atom is -0.460 e. The number of nitrogens with zero attached hydrogens (tertiary/aromatic N) is 2. The van der Waals surface area contributed by atoms with E-state index in [4.69, 9.17) is 14.9 Å². The molecule has 1 saturated heterocycles. The first kappa shape index (κ1) is 27.7. The number of hydrogen-bond acceptors (Lipinski definition) is 7. The van der Waals surface area contributed by atoms with Crippen LogP contribution in [0.5, 0.6) is 0 Å². The number of hydrogen-bond donors (Lipinski definition) is 1. The van der Waals surface area contributed by atoms with Gasteiger partial charge in [-0.3, -0.25) is 4.31 Å². The summed E-state index contributed by atoms with van der Waals surface area (Å²) in [6, 6.07) is 22.5. The van der Waals surface area contributed by atoms with E-state index in [0.29, 0.717) is 28.6 Å². The van der Waals surface area contributed by atoms with Crippen molar-refractivity contribution in [3.63, 3.8) is 0 Å². The smallest absolute Gasteiger partial charge is 0.374 e. The Labute approximate surface area is 235 Å². The molecule has 0 atom stereocenters. The average Bonchev–Trinajstić information content (AvgIpc) is 3.31. The Morgan fingerprint density at radius 2 is 1.73 bits per heavy atom. The lowest BCUT2D eigenvalue weighted by molar-refractivity contribution is 0.0491. The van der Waals surface area contributed by atoms with Gasteiger partial charge in [-0.25, -0.2) is 13.2 Å². The van der Waals surface area contributed by atoms with E-state index >= 15 is 0 Å². The normalized spacial score (nSPS) is 14.4. The fourth-order valence-electron chi connectivity index (χ4n) is 5.32. The number of esters is 1. The van der Waals surface area contributed by atoms with Crippen LogP contribution in [0.15, 0.2) is 82.1 Å². The summed E-state index contributed by atoms with van der Waals surface area (Å²) in [7, 11) is -4.10. The number of benzene rings is 3. The minimum absolute atomic E-state index is 0.0143. The largest absolute Gasteiger partial charge is 0.460 e. The standard InChI is InChI=1S/C31H35N3O5S/c1-3-38-31(35)30-22(2)29-27(39-30)14-9-15-28(29)40(36,37)34(21-16-23-10-5-4-6-11-23)26-13-8-7-12-25(26)33-19-17-24(32)18-20-33/h4-15,24H,3,16-21,32H2,1-2H3. The lowest BCUT2D eigenvalue weighted by Crippen LogP contribution is -2.41. The molecule has 1 fully saturated rings. The summed E-state index contributed by atoms with van der Waals surface area (Å²) in [5.41, 5.74) is 9.42. The first-order valence-electron chi connectivity index (χ1n) is 13.7. The van der Waals surface area contributed by atoms with E-state index in [0.717, 1.165) is 37.2 Å². The molecule has 0 radical (unpaired) electrons. The highest BCUT2D eigenvalue weighted by atomic mass is 32.2. The monoisotopic (exact) mass is 561 g/mol. The fraction of sp³-hybridized carbons (Fsp3) is 0.323. The molecule has 2 N–H and O–H groups in total. The summed E-state index contributed by atoms with van der Waals surface area (Å²) < 4.78 is 41.7. The van der Waals surface area contributed by atoms with Gasteiger partial charge in [0.15, 0.2) is 0 Å². The molecule has 0 saturated carbocycles. The van der Waals surface area contributed by atoms with Crippen molar-refractivity contribution < 1.29 is 22.4 Å². The van der Waals surface area contributed by atoms with Crippen molar-refractivity contribution in [2.75, 3.05) is 35.4 Å². The molecule has 2 heterocycles. The van der Waals surface area contributed by atoms with E-state index < -0.39 is 16.0 Å². The van der Waals surface area contributed by atoms with Crippen molar-refractivity contribution in [2.45, 2.75) is 44.0 Å². The molecule has 1 aliphatic rings. The van der Waals surface area contributed by atoms with E-state index in [1.807, 2.05) is 54.6 Å². The molecule has 0 amide bonds. The highest BCUT2D eigenvalue weighted by Crippen LogP contribution is 2.38. The Bertz CT molecular complexity index is 1590. The Hall–Kier alpha value is -3.82. The molecule has 5 rings (SSSR count). The Balaban J connectivity index is 1.63. The van der Waals surface area contributed by atoms with Gasteiger partial charge in [0, 0.05) is 36.6 Å². The third kappa shape index (κ3) is 5.44. The first-order valence-corrected chi connectivity index (χ1v) is 15.1. The van der Waals surface area contributed by atoms with Gasteiger partial charge in [0.1, 0.15) is 5.58 Å². The zero-order chi connectivity index (χ0) is 28.3. The SMILES string of the molecule is CCOC(=O)c1oc2cccc(S(=O)(=O)N(CCc3ccccc3)c3ccccc3N3CCC(N)CC3)c2c1C. The van der Waals surface area contributed by atoms with Gasteiger partial charge in [-0.2, -0.15) is 0 Å². The van der Waals surface area contributed by atoms with E-state index in [-0.39, 0.29) is 29.8 Å². The average molecular weight is 562 g/mol. The van der Waals surface area contributed by atoms with E-state index in [2.05, 4.69) is 4.90 Å². The molecule has 0 spiro atoms. The number of anilines is 2. The van der Waals surface area contributed by atoms with Gasteiger partial charge in [-0.05, 0) is 62.9 Å². The molecule has 8 nitrogen and oxygen atoms in total. The minimum atomic E-state index is -4.10. The van der Waals surface area contributed by atoms with Crippen molar-refractivity contribution in [3.8, 4) is 0 Å². The van der Waals surface area contributed by atoms with Crippen LogP contribution in [0.4, 0.5) is 11.4 Å². The second-order valence-electron chi connectivity index (χ2n) is 10.0. The molecule has 0 bridgehead atoms. The maximum absolute atomic E-state index is 14.6. The number of nitrogens with two attached hydrogens (primary N) is 1. The quantitative estimate of drug-likeness (QED) is 0.277. The molecule has 40 heavy (non-hydrogen) atoms. The van der Waals surface area contributed by atoms with Crippen LogP contribution in [0.2, 0.25) is 0 Å². The van der Waals surface area contributed by atoms with Gasteiger partial charge < -0.3 is 19.8 Å². The van der Waals surface area contributed by atoms with Gasteiger partial charge in [-0.15, -0.1) is 0 Å². The number of fused-ring (bicyclic) bond motifs is 1. The van der Waals surface area contributed by atoms with Crippen LogP contribution in [0.25, 0.3) is 11.0 Å². The molecule has 4 aromatic rings. The zero-order valence-corrected chi connectivity index (χ0v) is 23.7. The van der Waals surface area contributed by atoms with Crippen LogP contribution in [0, 0.1) is 6.92 Å². The van der Waals surface area contributed by atoms with Gasteiger partial charge in [0.05, 0.1) is 22.9 Å². The van der Waals surface area contributed by atoms with E-state index in [9.17, 15) is 13.2 Å². The molecule has 210 valence electrons. The highest BCUT2D eigenvalue weighted by Gasteiger charge is 2.32. The Morgan fingerprint density at radius 3 is 2.45 bits per heavy atom. The molecular weight excluding hydrogens is 526 g/mol. The van der Waals surface area contributed by atoms with E-state index in [1.54, 1.807) is 32.0 Å². The number of rotatable bonds is 9. The third-order valence-corrected chi connectivity index (χ3v) is 9.28. The van der Waals surface area contributed by atoms with Gasteiger partial charge in [0.25, 0.3) is 10.0 Å². The number of carbonyl (C=O) groups excluding carboxylic acids is 1. The molecule has 0 aliphatic carbocycles. The van der Waals surface area contributed by atoms with Crippen LogP contribution < -0.4 is 14.9 Å². The number of carbonyl (C=O) groups is 1. The summed E-state index contributed by atoms with van der Waals surface area (Å²) in [6.45, 7) is 5.33. The van der Waals surface area contributed by atoms with E-state index in [1.165, 1.54) is 4.31 Å². The summed E-state index contributed by atoms with van der Waals surface area (Å²) in [5.74, 6) is -0.602. The summed E-state index contributed by atoms with van der Waals surface area (Å²) in [6.07, 6.45) is 2.21. The van der Waals surface area contributed by atoms with Crippen LogP contribution in [-0.4, -0.2) is 46.7 Å². The van der Waals surface area contributed by atoms with Gasteiger partial charge >= 0.3 is 5.97 Å². The van der Waals surface area contributed by atoms with Crippen LogP contribution in [0.1, 0.15) is 41.4 Å². The summed E-state index contributed by atoms with van der Waals surface area (Å²) in [5, 5.41) is 0.386. The Kier molecular flexibility index (Phi) is 8.14. The second-order valence-corrected chi connectivity index (χ2v) is 11.9. The Morgan fingerprint density at radius 1 is 1.02 bits per heavy atom. The second kappa shape index (κ2) is 11.7. The lowest BCUT2D eigenvalue weighted by Gasteiger charge is -2.36. The molecule has 0 unspecified atom stereocenters. The van der Waals surface area contributed by atoms with Crippen LogP contribution in [-0.2, 0) is 21.2 Å². The maximum Gasteiger partial charge on any atom is 0.374 e. The lowest BCUT2D eigenvalue weighted by atomic mass is 10.0. The van der Waals surface area contributed by atoms with Gasteiger partial charge in [0.2, 0.25) is 5.76 Å². The number of sulfonamides is 1. The summed E-state index contributed by atoms with van der Waals surface area (Å²) in [4.78, 5) is 14.9. The number of piperidine rings is 1. The molecule has 3 aromatic carbocycles. The molecule has 1 aliphatic heterocycles. The van der Waals surface area contributed by atoms with Crippen molar-refractivity contribution in [2.24, 2.45) is 5.73 Å². The maximum atomic E-state index is 14.6. The first-order chi connectivity index (χ1) is 19.3. The van der Waals surface area contributed by atoms with Crippen LogP contribution in [0.3, 0.4) is 0 Å². The van der Waals surface area contributed by atoms with Crippen molar-refractivity contribution >= 4 is 38.3 Å².